The summed E-state index contributed by atoms with van der Waals surface area (Å²) in [5, 5.41) is 3.00. The van der Waals surface area contributed by atoms with Gasteiger partial charge in [0.15, 0.2) is 11.5 Å². The van der Waals surface area contributed by atoms with Gasteiger partial charge in [-0.1, -0.05) is 42.5 Å². The van der Waals surface area contributed by atoms with Crippen LogP contribution in [0, 0.1) is 0 Å². The van der Waals surface area contributed by atoms with Crippen molar-refractivity contribution in [1.29, 1.82) is 0 Å². The lowest BCUT2D eigenvalue weighted by atomic mass is 10.1. The number of ether oxygens (including phenoxy) is 2. The number of nitrogens with zero attached hydrogens (tertiary/aromatic N) is 1. The Morgan fingerprint density at radius 2 is 1.74 bits per heavy atom. The fourth-order valence-corrected chi connectivity index (χ4v) is 4.23. The molecule has 4 rings (SSSR count). The monoisotopic (exact) mass is 458 g/mol. The number of benzene rings is 3. The van der Waals surface area contributed by atoms with Gasteiger partial charge in [-0.2, -0.15) is 0 Å². The van der Waals surface area contributed by atoms with E-state index in [9.17, 15) is 9.59 Å². The van der Waals surface area contributed by atoms with Gasteiger partial charge in [-0.15, -0.1) is 0 Å². The summed E-state index contributed by atoms with van der Waals surface area (Å²) in [7, 11) is 0. The third-order valence-electron chi connectivity index (χ3n) is 5.79. The van der Waals surface area contributed by atoms with Gasteiger partial charge in [-0.25, -0.2) is 0 Å². The highest BCUT2D eigenvalue weighted by molar-refractivity contribution is 6.07. The molecule has 1 aliphatic rings. The van der Waals surface area contributed by atoms with Crippen LogP contribution in [-0.4, -0.2) is 31.6 Å². The van der Waals surface area contributed by atoms with E-state index in [2.05, 4.69) is 11.4 Å². The Morgan fingerprint density at radius 1 is 0.941 bits per heavy atom. The van der Waals surface area contributed by atoms with Gasteiger partial charge in [0.1, 0.15) is 0 Å². The number of nitrogens with one attached hydrogen (secondary N) is 1. The number of hydrogen-bond acceptors (Lipinski definition) is 4. The molecule has 3 aromatic rings. The third-order valence-corrected chi connectivity index (χ3v) is 5.79. The summed E-state index contributed by atoms with van der Waals surface area (Å²) >= 11 is 0. The second kappa shape index (κ2) is 10.9. The van der Waals surface area contributed by atoms with Crippen molar-refractivity contribution in [2.75, 3.05) is 24.7 Å². The number of anilines is 1. The molecule has 0 bridgehead atoms. The van der Waals surface area contributed by atoms with Crippen LogP contribution in [0.3, 0.4) is 0 Å². The van der Waals surface area contributed by atoms with E-state index in [1.807, 2.05) is 79.4 Å². The summed E-state index contributed by atoms with van der Waals surface area (Å²) in [6.07, 6.45) is 1.01. The molecule has 0 unspecified atom stereocenters. The van der Waals surface area contributed by atoms with Crippen molar-refractivity contribution in [3.8, 4) is 11.5 Å². The van der Waals surface area contributed by atoms with Crippen molar-refractivity contribution in [2.45, 2.75) is 33.2 Å². The summed E-state index contributed by atoms with van der Waals surface area (Å²) in [4.78, 5) is 27.4. The van der Waals surface area contributed by atoms with E-state index >= 15 is 0 Å². The van der Waals surface area contributed by atoms with Crippen LogP contribution in [0.5, 0.6) is 11.5 Å². The number of carbonyl (C=O) groups is 2. The van der Waals surface area contributed by atoms with Gasteiger partial charge in [-0.3, -0.25) is 9.59 Å². The maximum atomic E-state index is 12.9. The first-order valence-electron chi connectivity index (χ1n) is 11.7. The van der Waals surface area contributed by atoms with Crippen LogP contribution in [0.2, 0.25) is 0 Å². The molecule has 0 radical (unpaired) electrons. The molecule has 2 amide bonds. The Morgan fingerprint density at radius 3 is 2.50 bits per heavy atom. The molecule has 1 heterocycles. The number of hydrogen-bond donors (Lipinski definition) is 1. The lowest BCUT2D eigenvalue weighted by molar-refractivity contribution is -0.120. The Balaban J connectivity index is 1.39. The molecule has 34 heavy (non-hydrogen) atoms. The van der Waals surface area contributed by atoms with Gasteiger partial charge in [0.05, 0.1) is 19.6 Å². The third kappa shape index (κ3) is 5.22. The fourth-order valence-electron chi connectivity index (χ4n) is 4.23. The van der Waals surface area contributed by atoms with E-state index < -0.39 is 0 Å². The molecule has 3 aromatic carbocycles. The lowest BCUT2D eigenvalue weighted by Gasteiger charge is -2.18. The van der Waals surface area contributed by atoms with Crippen molar-refractivity contribution < 1.29 is 19.1 Å². The lowest BCUT2D eigenvalue weighted by Crippen LogP contribution is -2.28. The van der Waals surface area contributed by atoms with Crippen LogP contribution >= 0.6 is 0 Å². The van der Waals surface area contributed by atoms with E-state index in [0.29, 0.717) is 43.4 Å². The molecule has 0 saturated carbocycles. The number of fused-ring (bicyclic) bond motifs is 1. The predicted octanol–water partition coefficient (Wildman–Crippen LogP) is 4.55. The van der Waals surface area contributed by atoms with E-state index in [1.54, 1.807) is 0 Å². The average Bonchev–Trinajstić information content (AvgIpc) is 3.28. The molecular formula is C28H30N2O4. The fraction of sp³-hybridized carbons (Fsp3) is 0.286. The number of para-hydroxylation sites is 1. The maximum Gasteiger partial charge on any atom is 0.258 e. The summed E-state index contributed by atoms with van der Waals surface area (Å²) in [5.74, 6) is 1.21. The Bertz CT molecular complexity index is 1160. The first kappa shape index (κ1) is 23.4. The maximum absolute atomic E-state index is 12.9. The highest BCUT2D eigenvalue weighted by atomic mass is 16.5. The van der Waals surface area contributed by atoms with Crippen LogP contribution in [-0.2, 0) is 24.2 Å². The molecule has 6 nitrogen and oxygen atoms in total. The highest BCUT2D eigenvalue weighted by Crippen LogP contribution is 2.32. The normalized spacial score (nSPS) is 12.2. The molecule has 6 heteroatoms. The van der Waals surface area contributed by atoms with Crippen LogP contribution in [0.15, 0.2) is 66.7 Å². The van der Waals surface area contributed by atoms with Crippen LogP contribution in [0.1, 0.15) is 40.9 Å². The Hall–Kier alpha value is -3.80. The second-order valence-electron chi connectivity index (χ2n) is 8.10. The molecule has 0 fully saturated rings. The van der Waals surface area contributed by atoms with Crippen molar-refractivity contribution in [2.24, 2.45) is 0 Å². The van der Waals surface area contributed by atoms with E-state index in [-0.39, 0.29) is 18.2 Å². The van der Waals surface area contributed by atoms with Gasteiger partial charge in [-0.05, 0) is 55.7 Å². The van der Waals surface area contributed by atoms with Crippen molar-refractivity contribution in [3.63, 3.8) is 0 Å². The average molecular weight is 459 g/mol. The first-order chi connectivity index (χ1) is 16.6. The summed E-state index contributed by atoms with van der Waals surface area (Å²) in [5.41, 5.74) is 4.56. The smallest absolute Gasteiger partial charge is 0.258 e. The largest absolute Gasteiger partial charge is 0.490 e. The number of amides is 2. The summed E-state index contributed by atoms with van der Waals surface area (Å²) < 4.78 is 11.4. The van der Waals surface area contributed by atoms with Crippen LogP contribution < -0.4 is 19.7 Å². The second-order valence-corrected chi connectivity index (χ2v) is 8.10. The molecule has 1 N–H and O–H groups in total. The highest BCUT2D eigenvalue weighted by Gasteiger charge is 2.25. The molecule has 0 saturated heterocycles. The first-order valence-corrected chi connectivity index (χ1v) is 11.7. The summed E-state index contributed by atoms with van der Waals surface area (Å²) in [6, 6.07) is 21.0. The van der Waals surface area contributed by atoms with Gasteiger partial charge in [0.25, 0.3) is 5.91 Å². The van der Waals surface area contributed by atoms with Crippen LogP contribution in [0.25, 0.3) is 0 Å². The van der Waals surface area contributed by atoms with Crippen molar-refractivity contribution in [1.82, 2.24) is 5.32 Å². The SMILES string of the molecule is CCOc1cccc(CC(=O)NCc2ccc3c(c2)CCN3C(=O)c2ccccc2)c1OCC. The van der Waals surface area contributed by atoms with Gasteiger partial charge < -0.3 is 19.7 Å². The van der Waals surface area contributed by atoms with Gasteiger partial charge >= 0.3 is 0 Å². The van der Waals surface area contributed by atoms with Crippen molar-refractivity contribution in [3.05, 3.63) is 89.0 Å². The van der Waals surface area contributed by atoms with E-state index in [1.165, 1.54) is 0 Å². The topological polar surface area (TPSA) is 67.9 Å². The molecule has 0 spiro atoms. The van der Waals surface area contributed by atoms with Gasteiger partial charge in [0, 0.05) is 29.9 Å². The number of carbonyl (C=O) groups excluding carboxylic acids is 2. The van der Waals surface area contributed by atoms with E-state index in [0.717, 1.165) is 28.8 Å². The molecule has 1 aliphatic heterocycles. The Kier molecular flexibility index (Phi) is 7.48. The summed E-state index contributed by atoms with van der Waals surface area (Å²) in [6.45, 7) is 5.95. The molecule has 0 aliphatic carbocycles. The van der Waals surface area contributed by atoms with Crippen molar-refractivity contribution >= 4 is 17.5 Å². The number of rotatable bonds is 9. The minimum Gasteiger partial charge on any atom is -0.490 e. The Labute approximate surface area is 200 Å². The predicted molar refractivity (Wildman–Crippen MR) is 133 cm³/mol. The zero-order chi connectivity index (χ0) is 23.9. The molecule has 0 atom stereocenters. The quantitative estimate of drug-likeness (QED) is 0.511. The molecular weight excluding hydrogens is 428 g/mol. The van der Waals surface area contributed by atoms with Gasteiger partial charge in [0.2, 0.25) is 5.91 Å². The van der Waals surface area contributed by atoms with Crippen LogP contribution in [0.4, 0.5) is 5.69 Å². The minimum atomic E-state index is -0.0871. The zero-order valence-corrected chi connectivity index (χ0v) is 19.7. The molecule has 0 aromatic heterocycles. The van der Waals surface area contributed by atoms with E-state index in [4.69, 9.17) is 9.47 Å². The standard InChI is InChI=1S/C28H30N2O4/c1-3-33-25-12-8-11-23(27(25)34-4-2)18-26(31)29-19-20-13-14-24-22(17-20)15-16-30(24)28(32)21-9-6-5-7-10-21/h5-14,17H,3-4,15-16,18-19H2,1-2H3,(H,29,31). The minimum absolute atomic E-state index is 0.0137. The zero-order valence-electron chi connectivity index (χ0n) is 19.7. The molecule has 176 valence electrons.